The lowest BCUT2D eigenvalue weighted by Crippen LogP contribution is -2.52. The molecule has 0 aliphatic rings. The molecule has 200 valence electrons. The maximum absolute atomic E-state index is 12.9. The quantitative estimate of drug-likeness (QED) is 0.113. The summed E-state index contributed by atoms with van der Waals surface area (Å²) < 4.78 is 12.3. The van der Waals surface area contributed by atoms with Gasteiger partial charge in [-0.1, -0.05) is 107 Å². The van der Waals surface area contributed by atoms with Gasteiger partial charge >= 0.3 is 5.97 Å². The first-order valence-electron chi connectivity index (χ1n) is 14.2. The van der Waals surface area contributed by atoms with Crippen LogP contribution in [-0.2, 0) is 22.5 Å². The second-order valence-electron chi connectivity index (χ2n) is 10.5. The van der Waals surface area contributed by atoms with Crippen molar-refractivity contribution in [3.8, 4) is 5.75 Å². The average Bonchev–Trinajstić information content (AvgIpc) is 2.86. The van der Waals surface area contributed by atoms with E-state index >= 15 is 0 Å². The topological polar surface area (TPSA) is 35.5 Å². The lowest BCUT2D eigenvalue weighted by Gasteiger charge is -2.36. The van der Waals surface area contributed by atoms with Crippen LogP contribution in [0.25, 0.3) is 0 Å². The number of hydrogen-bond donors (Lipinski definition) is 0. The molecule has 0 bridgehead atoms. The van der Waals surface area contributed by atoms with Crippen molar-refractivity contribution < 1.29 is 18.8 Å². The van der Waals surface area contributed by atoms with Crippen LogP contribution >= 0.6 is 0 Å². The van der Waals surface area contributed by atoms with Crippen molar-refractivity contribution in [2.75, 3.05) is 27.3 Å². The molecule has 0 aliphatic carbocycles. The summed E-state index contributed by atoms with van der Waals surface area (Å²) in [5.74, 6) is 0.854. The fourth-order valence-corrected chi connectivity index (χ4v) is 4.92. The van der Waals surface area contributed by atoms with Crippen LogP contribution in [0.2, 0.25) is 0 Å². The highest BCUT2D eigenvalue weighted by Gasteiger charge is 2.34. The third-order valence-electron chi connectivity index (χ3n) is 7.00. The van der Waals surface area contributed by atoms with Crippen molar-refractivity contribution in [2.45, 2.75) is 97.1 Å². The first kappa shape index (κ1) is 29.9. The molecule has 4 nitrogen and oxygen atoms in total. The lowest BCUT2D eigenvalue weighted by atomic mass is 10.0. The predicted octanol–water partition coefficient (Wildman–Crippen LogP) is 7.74. The Labute approximate surface area is 220 Å². The van der Waals surface area contributed by atoms with Crippen molar-refractivity contribution in [3.05, 3.63) is 65.7 Å². The summed E-state index contributed by atoms with van der Waals surface area (Å²) in [4.78, 5) is 12.9. The van der Waals surface area contributed by atoms with Gasteiger partial charge in [0.2, 0.25) is 0 Å². The molecule has 0 heterocycles. The second kappa shape index (κ2) is 17.2. The number of carbonyl (C=O) groups excluding carboxylic acids is 1. The first-order chi connectivity index (χ1) is 17.5. The molecule has 0 saturated carbocycles. The Hall–Kier alpha value is -2.33. The Morgan fingerprint density at radius 2 is 1.42 bits per heavy atom. The predicted molar refractivity (Wildman–Crippen MR) is 150 cm³/mol. The van der Waals surface area contributed by atoms with E-state index in [0.717, 1.165) is 25.1 Å². The number of benzene rings is 2. The molecule has 1 unspecified atom stereocenters. The fourth-order valence-electron chi connectivity index (χ4n) is 4.92. The van der Waals surface area contributed by atoms with Gasteiger partial charge in [-0.25, -0.2) is 4.79 Å². The molecule has 0 aromatic heterocycles. The molecule has 0 radical (unpaired) electrons. The first-order valence-corrected chi connectivity index (χ1v) is 14.2. The van der Waals surface area contributed by atoms with E-state index in [9.17, 15) is 4.79 Å². The number of unbranched alkanes of at least 4 members (excludes halogenated alkanes) is 7. The molecule has 1 atom stereocenters. The lowest BCUT2D eigenvalue weighted by molar-refractivity contribution is -0.919. The van der Waals surface area contributed by atoms with Gasteiger partial charge in [0, 0.05) is 18.4 Å². The van der Waals surface area contributed by atoms with Crippen LogP contribution in [0, 0.1) is 0 Å². The molecule has 2 aromatic carbocycles. The normalized spacial score (nSPS) is 12.3. The Bertz CT molecular complexity index is 849. The van der Waals surface area contributed by atoms with E-state index in [2.05, 4.69) is 58.3 Å². The summed E-state index contributed by atoms with van der Waals surface area (Å²) in [5, 5.41) is 0. The third-order valence-corrected chi connectivity index (χ3v) is 7.00. The van der Waals surface area contributed by atoms with Gasteiger partial charge in [0.15, 0.2) is 6.04 Å². The van der Waals surface area contributed by atoms with Gasteiger partial charge in [-0.2, -0.15) is 0 Å². The number of quaternary nitrogens is 1. The van der Waals surface area contributed by atoms with Crippen LogP contribution in [0.3, 0.4) is 0 Å². The molecule has 0 saturated heterocycles. The number of ether oxygens (including phenoxy) is 2. The number of likely N-dealkylation sites (N-methyl/N-ethyl adjacent to an activating group) is 1. The molecule has 2 rings (SSSR count). The molecule has 2 aromatic rings. The fraction of sp³-hybridized carbons (Fsp3) is 0.594. The van der Waals surface area contributed by atoms with Gasteiger partial charge < -0.3 is 14.0 Å². The van der Waals surface area contributed by atoms with Crippen LogP contribution in [0.4, 0.5) is 0 Å². The van der Waals surface area contributed by atoms with Gasteiger partial charge in [-0.05, 0) is 24.5 Å². The van der Waals surface area contributed by atoms with Crippen molar-refractivity contribution >= 4 is 5.97 Å². The highest BCUT2D eigenvalue weighted by Crippen LogP contribution is 2.22. The van der Waals surface area contributed by atoms with Crippen LogP contribution in [-0.4, -0.2) is 43.8 Å². The molecule has 0 spiro atoms. The maximum atomic E-state index is 12.9. The molecule has 36 heavy (non-hydrogen) atoms. The number of rotatable bonds is 19. The number of esters is 1. The molecular formula is C32H50NO3+. The standard InChI is InChI=1S/C32H50NO3/c1-5-7-8-9-10-11-12-16-22-29-23-17-18-24-31(29)35-25-19-26-36-32(34)30(6-2)33(3,4)27-28-20-14-13-15-21-28/h13-15,17-18,20-21,23-24,30H,5-12,16,19,22,25-27H2,1-4H3/q+1. The molecule has 0 amide bonds. The Morgan fingerprint density at radius 3 is 2.11 bits per heavy atom. The van der Waals surface area contributed by atoms with Crippen LogP contribution < -0.4 is 4.74 Å². The van der Waals surface area contributed by atoms with E-state index in [1.807, 2.05) is 24.3 Å². The molecule has 4 heteroatoms. The highest BCUT2D eigenvalue weighted by atomic mass is 16.5. The zero-order valence-electron chi connectivity index (χ0n) is 23.3. The highest BCUT2D eigenvalue weighted by molar-refractivity contribution is 5.74. The van der Waals surface area contributed by atoms with Crippen LogP contribution in [0.15, 0.2) is 54.6 Å². The van der Waals surface area contributed by atoms with E-state index in [1.165, 1.54) is 62.5 Å². The zero-order valence-corrected chi connectivity index (χ0v) is 23.3. The molecular weight excluding hydrogens is 446 g/mol. The average molecular weight is 497 g/mol. The van der Waals surface area contributed by atoms with E-state index in [0.29, 0.717) is 24.1 Å². The number of para-hydroxylation sites is 1. The zero-order chi connectivity index (χ0) is 26.1. The smallest absolute Gasteiger partial charge is 0.364 e. The molecule has 0 aliphatic heterocycles. The van der Waals surface area contributed by atoms with Gasteiger partial charge in [0.25, 0.3) is 0 Å². The molecule has 0 N–H and O–H groups in total. The summed E-state index contributed by atoms with van der Waals surface area (Å²) in [6, 6.07) is 18.5. The van der Waals surface area contributed by atoms with Gasteiger partial charge in [0.1, 0.15) is 12.3 Å². The van der Waals surface area contributed by atoms with Gasteiger partial charge in [-0.3, -0.25) is 0 Å². The number of carbonyl (C=O) groups is 1. The Balaban J connectivity index is 1.69. The van der Waals surface area contributed by atoms with Crippen LogP contribution in [0.5, 0.6) is 5.75 Å². The minimum absolute atomic E-state index is 0.117. The van der Waals surface area contributed by atoms with Gasteiger partial charge in [-0.15, -0.1) is 0 Å². The monoisotopic (exact) mass is 496 g/mol. The summed E-state index contributed by atoms with van der Waals surface area (Å²) >= 11 is 0. The van der Waals surface area contributed by atoms with Gasteiger partial charge in [0.05, 0.1) is 27.3 Å². The summed E-state index contributed by atoms with van der Waals surface area (Å²) in [6.45, 7) is 6.07. The largest absolute Gasteiger partial charge is 0.493 e. The van der Waals surface area contributed by atoms with E-state index in [-0.39, 0.29) is 12.0 Å². The third kappa shape index (κ3) is 11.2. The number of nitrogens with zero attached hydrogens (tertiary/aromatic N) is 1. The maximum Gasteiger partial charge on any atom is 0.364 e. The Kier molecular flexibility index (Phi) is 14.3. The van der Waals surface area contributed by atoms with Crippen molar-refractivity contribution in [1.29, 1.82) is 0 Å². The Morgan fingerprint density at radius 1 is 0.778 bits per heavy atom. The SMILES string of the molecule is CCCCCCCCCCc1ccccc1OCCCOC(=O)C(CC)[N+](C)(C)Cc1ccccc1. The van der Waals surface area contributed by atoms with Crippen molar-refractivity contribution in [3.63, 3.8) is 0 Å². The summed E-state index contributed by atoms with van der Waals surface area (Å²) in [5.41, 5.74) is 2.51. The second-order valence-corrected chi connectivity index (χ2v) is 10.5. The summed E-state index contributed by atoms with van der Waals surface area (Å²) in [7, 11) is 4.21. The van der Waals surface area contributed by atoms with E-state index < -0.39 is 0 Å². The van der Waals surface area contributed by atoms with Crippen molar-refractivity contribution in [2.24, 2.45) is 0 Å². The number of aryl methyl sites for hydroxylation is 1. The van der Waals surface area contributed by atoms with E-state index in [4.69, 9.17) is 9.47 Å². The van der Waals surface area contributed by atoms with E-state index in [1.54, 1.807) is 0 Å². The molecule has 0 fully saturated rings. The minimum Gasteiger partial charge on any atom is -0.493 e. The summed E-state index contributed by atoms with van der Waals surface area (Å²) in [6.07, 6.45) is 13.1. The minimum atomic E-state index is -0.182. The van der Waals surface area contributed by atoms with Crippen molar-refractivity contribution in [1.82, 2.24) is 0 Å². The van der Waals surface area contributed by atoms with Crippen LogP contribution in [0.1, 0.15) is 89.2 Å². The number of hydrogen-bond acceptors (Lipinski definition) is 3.